The molecule has 2 rings (SSSR count). The van der Waals surface area contributed by atoms with Crippen LogP contribution in [0.4, 0.5) is 5.69 Å². The van der Waals surface area contributed by atoms with E-state index in [2.05, 4.69) is 29.7 Å². The van der Waals surface area contributed by atoms with Crippen LogP contribution in [-0.2, 0) is 0 Å². The number of benzene rings is 2. The summed E-state index contributed by atoms with van der Waals surface area (Å²) < 4.78 is 0. The fraction of sp³-hybridized carbons (Fsp3) is 0.278. The second kappa shape index (κ2) is 7.61. The molecule has 22 heavy (non-hydrogen) atoms. The third-order valence-corrected chi connectivity index (χ3v) is 3.65. The predicted molar refractivity (Wildman–Crippen MR) is 89.1 cm³/mol. The van der Waals surface area contributed by atoms with Crippen LogP contribution in [-0.4, -0.2) is 24.2 Å². The van der Waals surface area contributed by atoms with Gasteiger partial charge in [-0.05, 0) is 37.1 Å². The van der Waals surface area contributed by atoms with Crippen molar-refractivity contribution in [3.63, 3.8) is 0 Å². The minimum atomic E-state index is -0.164. The number of hydrogen-bond acceptors (Lipinski definition) is 3. The van der Waals surface area contributed by atoms with Gasteiger partial charge in [-0.2, -0.15) is 0 Å². The van der Waals surface area contributed by atoms with Crippen LogP contribution in [0, 0.1) is 6.92 Å². The zero-order valence-corrected chi connectivity index (χ0v) is 13.0. The van der Waals surface area contributed by atoms with Crippen molar-refractivity contribution in [2.24, 2.45) is 0 Å². The lowest BCUT2D eigenvalue weighted by molar-refractivity contribution is 0.0944. The predicted octanol–water partition coefficient (Wildman–Crippen LogP) is 2.89. The molecule has 0 aromatic heterocycles. The van der Waals surface area contributed by atoms with Gasteiger partial charge in [0.15, 0.2) is 0 Å². The molecule has 0 saturated carbocycles. The second-order valence-electron chi connectivity index (χ2n) is 5.23. The molecule has 0 aliphatic rings. The van der Waals surface area contributed by atoms with E-state index < -0.39 is 0 Å². The summed E-state index contributed by atoms with van der Waals surface area (Å²) in [6.45, 7) is 4.21. The minimum absolute atomic E-state index is 0.0617. The summed E-state index contributed by atoms with van der Waals surface area (Å²) in [4.78, 5) is 12.1. The first-order chi connectivity index (χ1) is 10.6. The van der Waals surface area contributed by atoms with Gasteiger partial charge in [0.2, 0.25) is 0 Å². The summed E-state index contributed by atoms with van der Waals surface area (Å²) in [5.41, 5.74) is 3.66. The number of nitrogens with one attached hydrogen (secondary N) is 2. The molecule has 2 aromatic rings. The molecule has 0 aliphatic heterocycles. The maximum Gasteiger partial charge on any atom is 0.251 e. The molecule has 0 bridgehead atoms. The molecular formula is C18H22N2O2. The number of aliphatic hydroxyl groups excluding tert-OH is 1. The molecule has 1 unspecified atom stereocenters. The summed E-state index contributed by atoms with van der Waals surface area (Å²) in [6.07, 6.45) is 0. The molecule has 0 radical (unpaired) electrons. The van der Waals surface area contributed by atoms with Crippen molar-refractivity contribution in [3.05, 3.63) is 65.2 Å². The lowest BCUT2D eigenvalue weighted by Crippen LogP contribution is -2.27. The van der Waals surface area contributed by atoms with Crippen molar-refractivity contribution < 1.29 is 9.90 Å². The van der Waals surface area contributed by atoms with Crippen molar-refractivity contribution in [1.82, 2.24) is 5.32 Å². The Hall–Kier alpha value is -2.33. The highest BCUT2D eigenvalue weighted by atomic mass is 16.3. The number of amides is 1. The van der Waals surface area contributed by atoms with Crippen LogP contribution in [0.1, 0.15) is 34.5 Å². The van der Waals surface area contributed by atoms with Crippen LogP contribution in [0.3, 0.4) is 0 Å². The Morgan fingerprint density at radius 1 is 1.14 bits per heavy atom. The first-order valence-electron chi connectivity index (χ1n) is 7.43. The zero-order valence-electron chi connectivity index (χ0n) is 13.0. The van der Waals surface area contributed by atoms with E-state index in [0.29, 0.717) is 5.56 Å². The molecule has 1 amide bonds. The second-order valence-corrected chi connectivity index (χ2v) is 5.23. The Morgan fingerprint density at radius 3 is 2.55 bits per heavy atom. The fourth-order valence-electron chi connectivity index (χ4n) is 2.36. The highest BCUT2D eigenvalue weighted by Crippen LogP contribution is 2.24. The number of aliphatic hydroxyl groups is 1. The van der Waals surface area contributed by atoms with Gasteiger partial charge in [-0.25, -0.2) is 0 Å². The normalized spacial score (nSPS) is 11.8. The van der Waals surface area contributed by atoms with Gasteiger partial charge in [0.05, 0.1) is 6.61 Å². The average molecular weight is 298 g/mol. The van der Waals surface area contributed by atoms with E-state index in [-0.39, 0.29) is 25.1 Å². The Morgan fingerprint density at radius 2 is 1.86 bits per heavy atom. The van der Waals surface area contributed by atoms with Gasteiger partial charge >= 0.3 is 0 Å². The van der Waals surface area contributed by atoms with Gasteiger partial charge in [0.25, 0.3) is 5.91 Å². The van der Waals surface area contributed by atoms with Gasteiger partial charge in [-0.15, -0.1) is 0 Å². The minimum Gasteiger partial charge on any atom is -0.395 e. The molecule has 3 N–H and O–H groups in total. The fourth-order valence-corrected chi connectivity index (χ4v) is 2.36. The summed E-state index contributed by atoms with van der Waals surface area (Å²) in [5, 5.41) is 14.9. The Kier molecular flexibility index (Phi) is 5.55. The third-order valence-electron chi connectivity index (χ3n) is 3.65. The van der Waals surface area contributed by atoms with Gasteiger partial charge in [0, 0.05) is 23.8 Å². The van der Waals surface area contributed by atoms with Crippen molar-refractivity contribution in [2.75, 3.05) is 18.5 Å². The van der Waals surface area contributed by atoms with Gasteiger partial charge < -0.3 is 15.7 Å². The van der Waals surface area contributed by atoms with E-state index >= 15 is 0 Å². The van der Waals surface area contributed by atoms with E-state index in [1.807, 2.05) is 37.3 Å². The molecule has 0 spiro atoms. The monoisotopic (exact) mass is 298 g/mol. The molecule has 2 aromatic carbocycles. The summed E-state index contributed by atoms with van der Waals surface area (Å²) in [7, 11) is 0. The SMILES string of the molecule is Cc1c(NC(C)c2ccccc2)cccc1C(=O)NCCO. The Balaban J connectivity index is 2.17. The molecule has 4 nitrogen and oxygen atoms in total. The van der Waals surface area contributed by atoms with E-state index in [1.54, 1.807) is 6.07 Å². The van der Waals surface area contributed by atoms with Gasteiger partial charge in [-0.3, -0.25) is 4.79 Å². The quantitative estimate of drug-likeness (QED) is 0.768. The van der Waals surface area contributed by atoms with E-state index in [4.69, 9.17) is 5.11 Å². The van der Waals surface area contributed by atoms with E-state index in [1.165, 1.54) is 5.56 Å². The largest absolute Gasteiger partial charge is 0.395 e. The highest BCUT2D eigenvalue weighted by Gasteiger charge is 2.13. The van der Waals surface area contributed by atoms with Gasteiger partial charge in [0.1, 0.15) is 0 Å². The van der Waals surface area contributed by atoms with E-state index in [9.17, 15) is 4.79 Å². The zero-order chi connectivity index (χ0) is 15.9. The molecule has 0 aliphatic carbocycles. The molecular weight excluding hydrogens is 276 g/mol. The Labute approximate surface area is 131 Å². The third kappa shape index (κ3) is 3.86. The maximum absolute atomic E-state index is 12.1. The molecule has 4 heteroatoms. The number of carbonyl (C=O) groups is 1. The van der Waals surface area contributed by atoms with Gasteiger partial charge in [-0.1, -0.05) is 36.4 Å². The van der Waals surface area contributed by atoms with Crippen LogP contribution < -0.4 is 10.6 Å². The summed E-state index contributed by atoms with van der Waals surface area (Å²) >= 11 is 0. The standard InChI is InChI=1S/C18H22N2O2/c1-13-16(18(22)19-11-12-21)9-6-10-17(13)20-14(2)15-7-4-3-5-8-15/h3-10,14,20-21H,11-12H2,1-2H3,(H,19,22). The number of rotatable bonds is 6. The molecule has 0 fully saturated rings. The summed E-state index contributed by atoms with van der Waals surface area (Å²) in [6, 6.07) is 15.9. The van der Waals surface area contributed by atoms with Crippen molar-refractivity contribution in [1.29, 1.82) is 0 Å². The number of anilines is 1. The number of hydrogen-bond donors (Lipinski definition) is 3. The Bertz CT molecular complexity index is 626. The lowest BCUT2D eigenvalue weighted by Gasteiger charge is -2.19. The first-order valence-corrected chi connectivity index (χ1v) is 7.43. The molecule has 0 heterocycles. The van der Waals surface area contributed by atoms with Crippen LogP contribution >= 0.6 is 0 Å². The maximum atomic E-state index is 12.1. The topological polar surface area (TPSA) is 61.4 Å². The smallest absolute Gasteiger partial charge is 0.251 e. The lowest BCUT2D eigenvalue weighted by atomic mass is 10.0. The molecule has 0 saturated heterocycles. The van der Waals surface area contributed by atoms with Crippen molar-refractivity contribution >= 4 is 11.6 Å². The highest BCUT2D eigenvalue weighted by molar-refractivity contribution is 5.97. The molecule has 116 valence electrons. The van der Waals surface area contributed by atoms with Crippen molar-refractivity contribution in [2.45, 2.75) is 19.9 Å². The van der Waals surface area contributed by atoms with Crippen LogP contribution in [0.2, 0.25) is 0 Å². The average Bonchev–Trinajstić information content (AvgIpc) is 2.55. The van der Waals surface area contributed by atoms with E-state index in [0.717, 1.165) is 11.3 Å². The van der Waals surface area contributed by atoms with Crippen LogP contribution in [0.25, 0.3) is 0 Å². The van der Waals surface area contributed by atoms with Crippen LogP contribution in [0.5, 0.6) is 0 Å². The van der Waals surface area contributed by atoms with Crippen molar-refractivity contribution in [3.8, 4) is 0 Å². The first kappa shape index (κ1) is 16.0. The summed E-state index contributed by atoms with van der Waals surface area (Å²) in [5.74, 6) is -0.164. The number of carbonyl (C=O) groups excluding carboxylic acids is 1. The van der Waals surface area contributed by atoms with Crippen LogP contribution in [0.15, 0.2) is 48.5 Å². The molecule has 1 atom stereocenters.